The Morgan fingerprint density at radius 2 is 1.38 bits per heavy atom. The maximum absolute atomic E-state index is 12.9. The van der Waals surface area contributed by atoms with Crippen molar-refractivity contribution in [3.8, 4) is 0 Å². The third-order valence-corrected chi connectivity index (χ3v) is 4.62. The maximum atomic E-state index is 12.9. The van der Waals surface area contributed by atoms with Crippen molar-refractivity contribution in [2.24, 2.45) is 27.9 Å². The molecule has 0 radical (unpaired) electrons. The number of nitrogens with two attached hydrogens (primary N) is 4. The Bertz CT molecular complexity index is 742. The Hall–Kier alpha value is -3.46. The molecule has 0 saturated heterocycles. The molecule has 0 spiro atoms. The van der Waals surface area contributed by atoms with E-state index in [4.69, 9.17) is 33.1 Å². The number of carboxylic acid groups (broad SMARTS) is 2. The topological polar surface area (TPSA) is 278 Å². The summed E-state index contributed by atoms with van der Waals surface area (Å²) in [7, 11) is 0. The Morgan fingerprint density at radius 3 is 1.88 bits per heavy atom. The van der Waals surface area contributed by atoms with E-state index in [1.807, 2.05) is 0 Å². The molecular formula is C19H36N8O7. The van der Waals surface area contributed by atoms with Gasteiger partial charge in [-0.2, -0.15) is 0 Å². The number of unbranched alkanes of at least 4 members (excludes halogenated alkanes) is 1. The average molecular weight is 489 g/mol. The van der Waals surface area contributed by atoms with Crippen LogP contribution in [0.2, 0.25) is 0 Å². The molecule has 0 heterocycles. The fourth-order valence-electron chi connectivity index (χ4n) is 2.74. The van der Waals surface area contributed by atoms with E-state index >= 15 is 0 Å². The summed E-state index contributed by atoms with van der Waals surface area (Å²) in [5.41, 5.74) is 21.6. The van der Waals surface area contributed by atoms with Gasteiger partial charge in [-0.15, -0.1) is 0 Å². The number of guanidine groups is 1. The van der Waals surface area contributed by atoms with E-state index in [0.29, 0.717) is 19.4 Å². The number of aliphatic carboxylic acids is 2. The van der Waals surface area contributed by atoms with E-state index in [1.54, 1.807) is 0 Å². The normalized spacial score (nSPS) is 14.1. The van der Waals surface area contributed by atoms with E-state index in [0.717, 1.165) is 0 Å². The second-order valence-corrected chi connectivity index (χ2v) is 7.63. The van der Waals surface area contributed by atoms with Gasteiger partial charge in [0.1, 0.15) is 18.1 Å². The highest BCUT2D eigenvalue weighted by molar-refractivity contribution is 5.94. The van der Waals surface area contributed by atoms with Crippen LogP contribution in [0.1, 0.15) is 45.4 Å². The van der Waals surface area contributed by atoms with E-state index in [-0.39, 0.29) is 31.8 Å². The molecule has 0 aromatic heterocycles. The van der Waals surface area contributed by atoms with Gasteiger partial charge in [-0.3, -0.25) is 29.0 Å². The highest BCUT2D eigenvalue weighted by Crippen LogP contribution is 2.06. The van der Waals surface area contributed by atoms with Crippen LogP contribution in [-0.2, 0) is 24.0 Å². The van der Waals surface area contributed by atoms with Crippen molar-refractivity contribution in [1.82, 2.24) is 16.0 Å². The third kappa shape index (κ3) is 13.2. The van der Waals surface area contributed by atoms with Gasteiger partial charge < -0.3 is 49.1 Å². The smallest absolute Gasteiger partial charge is 0.325 e. The molecule has 0 rings (SSSR count). The van der Waals surface area contributed by atoms with Crippen LogP contribution in [0.5, 0.6) is 0 Å². The predicted molar refractivity (Wildman–Crippen MR) is 122 cm³/mol. The zero-order chi connectivity index (χ0) is 26.3. The minimum atomic E-state index is -1.40. The Labute approximate surface area is 197 Å². The number of rotatable bonds is 17. The summed E-state index contributed by atoms with van der Waals surface area (Å²) < 4.78 is 0. The van der Waals surface area contributed by atoms with Crippen molar-refractivity contribution in [1.29, 1.82) is 0 Å². The van der Waals surface area contributed by atoms with Crippen LogP contribution in [0.15, 0.2) is 4.99 Å². The molecule has 0 aliphatic rings. The van der Waals surface area contributed by atoms with Gasteiger partial charge in [-0.05, 0) is 45.6 Å². The fourth-order valence-corrected chi connectivity index (χ4v) is 2.74. The van der Waals surface area contributed by atoms with Crippen LogP contribution in [0.4, 0.5) is 0 Å². The summed E-state index contributed by atoms with van der Waals surface area (Å²) >= 11 is 0. The number of carbonyl (C=O) groups excluding carboxylic acids is 3. The molecule has 0 bridgehead atoms. The zero-order valence-corrected chi connectivity index (χ0v) is 19.2. The van der Waals surface area contributed by atoms with Crippen molar-refractivity contribution in [2.45, 2.75) is 69.6 Å². The first-order valence-corrected chi connectivity index (χ1v) is 10.8. The molecule has 3 amide bonds. The largest absolute Gasteiger partial charge is 0.481 e. The summed E-state index contributed by atoms with van der Waals surface area (Å²) in [4.78, 5) is 63.4. The predicted octanol–water partition coefficient (Wildman–Crippen LogP) is -3.47. The van der Waals surface area contributed by atoms with Gasteiger partial charge in [0.15, 0.2) is 5.96 Å². The Morgan fingerprint density at radius 1 is 0.853 bits per heavy atom. The van der Waals surface area contributed by atoms with Crippen LogP contribution in [0.25, 0.3) is 0 Å². The van der Waals surface area contributed by atoms with Gasteiger partial charge in [0.05, 0.1) is 12.5 Å². The molecule has 0 aromatic rings. The van der Waals surface area contributed by atoms with Gasteiger partial charge in [0.25, 0.3) is 0 Å². The molecule has 15 heteroatoms. The summed E-state index contributed by atoms with van der Waals surface area (Å²) in [5, 5.41) is 25.0. The van der Waals surface area contributed by atoms with E-state index in [9.17, 15) is 24.0 Å². The first-order valence-electron chi connectivity index (χ1n) is 10.8. The standard InChI is InChI=1S/C19H36N8O7/c1-10(18(33)34)25-16(31)12(5-2-3-7-20)27-17(32)13(6-4-8-24-19(22)23)26-15(30)11(21)9-14(28)29/h10-13H,2-9,20-21H2,1H3,(H,25,31)(H,26,30)(H,27,32)(H,28,29)(H,33,34)(H4,22,23,24). The van der Waals surface area contributed by atoms with Gasteiger partial charge in [0, 0.05) is 6.54 Å². The first-order chi connectivity index (χ1) is 15.9. The summed E-state index contributed by atoms with van der Waals surface area (Å²) in [6.07, 6.45) is 0.888. The molecule has 15 nitrogen and oxygen atoms in total. The zero-order valence-electron chi connectivity index (χ0n) is 19.2. The molecule has 0 aromatic carbocycles. The molecule has 13 N–H and O–H groups in total. The molecule has 0 aliphatic heterocycles. The van der Waals surface area contributed by atoms with Crippen LogP contribution < -0.4 is 38.9 Å². The minimum Gasteiger partial charge on any atom is -0.481 e. The molecule has 0 aliphatic carbocycles. The lowest BCUT2D eigenvalue weighted by Crippen LogP contribution is -2.57. The van der Waals surface area contributed by atoms with Crippen molar-refractivity contribution in [3.05, 3.63) is 0 Å². The Kier molecular flexibility index (Phi) is 14.6. The highest BCUT2D eigenvalue weighted by atomic mass is 16.4. The molecule has 0 saturated carbocycles. The second-order valence-electron chi connectivity index (χ2n) is 7.63. The van der Waals surface area contributed by atoms with Gasteiger partial charge >= 0.3 is 11.9 Å². The molecule has 34 heavy (non-hydrogen) atoms. The number of hydrogen-bond acceptors (Lipinski definition) is 8. The SMILES string of the molecule is CC(NC(=O)C(CCCCN)NC(=O)C(CCCN=C(N)N)NC(=O)C(N)CC(=O)O)C(=O)O. The lowest BCUT2D eigenvalue weighted by molar-refractivity contribution is -0.141. The highest BCUT2D eigenvalue weighted by Gasteiger charge is 2.29. The lowest BCUT2D eigenvalue weighted by Gasteiger charge is -2.24. The van der Waals surface area contributed by atoms with Crippen molar-refractivity contribution >= 4 is 35.6 Å². The van der Waals surface area contributed by atoms with Crippen LogP contribution in [-0.4, -0.2) is 83.1 Å². The molecule has 4 atom stereocenters. The number of nitrogens with zero attached hydrogens (tertiary/aromatic N) is 1. The molecule has 0 fully saturated rings. The van der Waals surface area contributed by atoms with Crippen molar-refractivity contribution in [3.63, 3.8) is 0 Å². The number of amides is 3. The maximum Gasteiger partial charge on any atom is 0.325 e. The number of carbonyl (C=O) groups is 5. The van der Waals surface area contributed by atoms with Crippen LogP contribution in [0, 0.1) is 0 Å². The van der Waals surface area contributed by atoms with E-state index in [2.05, 4.69) is 20.9 Å². The van der Waals surface area contributed by atoms with Crippen molar-refractivity contribution < 1.29 is 34.2 Å². The Balaban J connectivity index is 5.47. The minimum absolute atomic E-state index is 0.0524. The first kappa shape index (κ1) is 30.5. The summed E-state index contributed by atoms with van der Waals surface area (Å²) in [6.45, 7) is 1.79. The van der Waals surface area contributed by atoms with Gasteiger partial charge in [-0.1, -0.05) is 0 Å². The van der Waals surface area contributed by atoms with Crippen molar-refractivity contribution in [2.75, 3.05) is 13.1 Å². The summed E-state index contributed by atoms with van der Waals surface area (Å²) in [5.74, 6) is -5.02. The lowest BCUT2D eigenvalue weighted by atomic mass is 10.1. The average Bonchev–Trinajstić information content (AvgIpc) is 2.73. The number of aliphatic imine (C=N–C) groups is 1. The molecule has 4 unspecified atom stereocenters. The van der Waals surface area contributed by atoms with Gasteiger partial charge in [0.2, 0.25) is 17.7 Å². The second kappa shape index (κ2) is 16.2. The monoisotopic (exact) mass is 488 g/mol. The molecule has 194 valence electrons. The number of hydrogen-bond donors (Lipinski definition) is 9. The number of carboxylic acids is 2. The quantitative estimate of drug-likeness (QED) is 0.0550. The van der Waals surface area contributed by atoms with Gasteiger partial charge in [-0.25, -0.2) is 0 Å². The van der Waals surface area contributed by atoms with E-state index < -0.39 is 60.2 Å². The number of nitrogens with one attached hydrogen (secondary N) is 3. The third-order valence-electron chi connectivity index (χ3n) is 4.62. The fraction of sp³-hybridized carbons (Fsp3) is 0.684. The molecular weight excluding hydrogens is 452 g/mol. The summed E-state index contributed by atoms with van der Waals surface area (Å²) in [6, 6.07) is -4.86. The van der Waals surface area contributed by atoms with Crippen LogP contribution in [0.3, 0.4) is 0 Å². The van der Waals surface area contributed by atoms with E-state index in [1.165, 1.54) is 6.92 Å². The van der Waals surface area contributed by atoms with Crippen LogP contribution >= 0.6 is 0 Å².